The number of sulfonamides is 1. The van der Waals surface area contributed by atoms with Crippen molar-refractivity contribution in [1.29, 1.82) is 0 Å². The SMILES string of the molecule is CN(C)S(=O)(=O)c1cccc(C(=O)NCC(=O)N2CCCC(C(=O)NC3CCCCC3)C2)c1. The van der Waals surface area contributed by atoms with Crippen molar-refractivity contribution >= 4 is 27.7 Å². The molecular weight excluding hydrogens is 444 g/mol. The van der Waals surface area contributed by atoms with Crippen molar-refractivity contribution < 1.29 is 22.8 Å². The molecule has 2 fully saturated rings. The molecular formula is C23H34N4O5S. The summed E-state index contributed by atoms with van der Waals surface area (Å²) in [7, 11) is -0.829. The van der Waals surface area contributed by atoms with Crippen LogP contribution >= 0.6 is 0 Å². The van der Waals surface area contributed by atoms with Crippen LogP contribution in [0.3, 0.4) is 0 Å². The third-order valence-corrected chi connectivity index (χ3v) is 8.18. The first kappa shape index (κ1) is 25.2. The molecule has 2 N–H and O–H groups in total. The summed E-state index contributed by atoms with van der Waals surface area (Å²) in [6, 6.07) is 5.95. The fourth-order valence-electron chi connectivity index (χ4n) is 4.36. The molecule has 10 heteroatoms. The highest BCUT2D eigenvalue weighted by Crippen LogP contribution is 2.21. The van der Waals surface area contributed by atoms with Gasteiger partial charge in [0, 0.05) is 38.8 Å². The predicted octanol–water partition coefficient (Wildman–Crippen LogP) is 1.35. The molecule has 1 aliphatic carbocycles. The van der Waals surface area contributed by atoms with Gasteiger partial charge in [0.15, 0.2) is 0 Å². The standard InChI is InChI=1S/C23H34N4O5S/c1-26(2)33(31,32)20-12-6-8-17(14-20)22(29)24-15-21(28)27-13-7-9-18(16-27)23(30)25-19-10-4-3-5-11-19/h6,8,12,14,18-19H,3-5,7,9-11,13,15-16H2,1-2H3,(H,24,29)(H,25,30). The van der Waals surface area contributed by atoms with E-state index in [-0.39, 0.29) is 40.8 Å². The number of hydrogen-bond acceptors (Lipinski definition) is 5. The lowest BCUT2D eigenvalue weighted by Gasteiger charge is -2.33. The molecule has 1 unspecified atom stereocenters. The van der Waals surface area contributed by atoms with Crippen LogP contribution in [0, 0.1) is 5.92 Å². The van der Waals surface area contributed by atoms with Crippen LogP contribution in [-0.4, -0.2) is 75.1 Å². The maximum atomic E-state index is 12.7. The van der Waals surface area contributed by atoms with Gasteiger partial charge >= 0.3 is 0 Å². The number of hydrogen-bond donors (Lipinski definition) is 2. The van der Waals surface area contributed by atoms with E-state index in [1.807, 2.05) is 0 Å². The van der Waals surface area contributed by atoms with E-state index in [1.54, 1.807) is 4.90 Å². The number of likely N-dealkylation sites (tertiary alicyclic amines) is 1. The highest BCUT2D eigenvalue weighted by Gasteiger charge is 2.30. The number of benzene rings is 1. The van der Waals surface area contributed by atoms with Crippen LogP contribution in [0.2, 0.25) is 0 Å². The van der Waals surface area contributed by atoms with Crippen molar-refractivity contribution in [2.45, 2.75) is 55.9 Å². The Morgan fingerprint density at radius 1 is 1.06 bits per heavy atom. The molecule has 1 atom stereocenters. The minimum Gasteiger partial charge on any atom is -0.353 e. The average Bonchev–Trinajstić information content (AvgIpc) is 2.83. The molecule has 1 saturated heterocycles. The topological polar surface area (TPSA) is 116 Å². The Hall–Kier alpha value is -2.46. The first-order chi connectivity index (χ1) is 15.7. The third-order valence-electron chi connectivity index (χ3n) is 6.37. The fourth-order valence-corrected chi connectivity index (χ4v) is 5.31. The average molecular weight is 479 g/mol. The maximum absolute atomic E-state index is 12.7. The molecule has 1 aromatic rings. The zero-order valence-electron chi connectivity index (χ0n) is 19.4. The number of rotatable bonds is 7. The van der Waals surface area contributed by atoms with Crippen LogP contribution in [0.4, 0.5) is 0 Å². The normalized spacial score (nSPS) is 19.8. The molecule has 0 spiro atoms. The second-order valence-electron chi connectivity index (χ2n) is 9.02. The first-order valence-electron chi connectivity index (χ1n) is 11.6. The van der Waals surface area contributed by atoms with Gasteiger partial charge in [-0.15, -0.1) is 0 Å². The maximum Gasteiger partial charge on any atom is 0.251 e. The predicted molar refractivity (Wildman–Crippen MR) is 124 cm³/mol. The fraction of sp³-hybridized carbons (Fsp3) is 0.609. The van der Waals surface area contributed by atoms with Gasteiger partial charge < -0.3 is 15.5 Å². The second-order valence-corrected chi connectivity index (χ2v) is 11.2. The monoisotopic (exact) mass is 478 g/mol. The molecule has 1 aromatic carbocycles. The molecule has 2 aliphatic rings. The summed E-state index contributed by atoms with van der Waals surface area (Å²) >= 11 is 0. The molecule has 182 valence electrons. The van der Waals surface area contributed by atoms with E-state index in [9.17, 15) is 22.8 Å². The minimum atomic E-state index is -3.67. The third kappa shape index (κ3) is 6.54. The van der Waals surface area contributed by atoms with Gasteiger partial charge in [-0.3, -0.25) is 14.4 Å². The molecule has 3 amide bonds. The Balaban J connectivity index is 1.52. The van der Waals surface area contributed by atoms with Crippen molar-refractivity contribution in [2.75, 3.05) is 33.7 Å². The van der Waals surface area contributed by atoms with Crippen molar-refractivity contribution in [1.82, 2.24) is 19.8 Å². The molecule has 33 heavy (non-hydrogen) atoms. The summed E-state index contributed by atoms with van der Waals surface area (Å²) in [4.78, 5) is 39.5. The highest BCUT2D eigenvalue weighted by molar-refractivity contribution is 7.89. The van der Waals surface area contributed by atoms with Crippen LogP contribution in [0.5, 0.6) is 0 Å². The lowest BCUT2D eigenvalue weighted by atomic mass is 9.93. The molecule has 0 aromatic heterocycles. The molecule has 1 saturated carbocycles. The highest BCUT2D eigenvalue weighted by atomic mass is 32.2. The number of nitrogens with zero attached hydrogens (tertiary/aromatic N) is 2. The minimum absolute atomic E-state index is 0.00864. The van der Waals surface area contributed by atoms with Gasteiger partial charge in [0.2, 0.25) is 21.8 Å². The van der Waals surface area contributed by atoms with E-state index in [2.05, 4.69) is 10.6 Å². The summed E-state index contributed by atoms with van der Waals surface area (Å²) in [5, 5.41) is 5.72. The first-order valence-corrected chi connectivity index (χ1v) is 13.0. The van der Waals surface area contributed by atoms with Gasteiger partial charge in [-0.05, 0) is 43.9 Å². The van der Waals surface area contributed by atoms with Crippen LogP contribution < -0.4 is 10.6 Å². The van der Waals surface area contributed by atoms with Crippen molar-refractivity contribution in [3.8, 4) is 0 Å². The molecule has 3 rings (SSSR count). The molecule has 0 bridgehead atoms. The van der Waals surface area contributed by atoms with Crippen molar-refractivity contribution in [2.24, 2.45) is 5.92 Å². The Morgan fingerprint density at radius 3 is 2.48 bits per heavy atom. The van der Waals surface area contributed by atoms with E-state index >= 15 is 0 Å². The summed E-state index contributed by atoms with van der Waals surface area (Å²) in [5.41, 5.74) is 0.161. The molecule has 9 nitrogen and oxygen atoms in total. The van der Waals surface area contributed by atoms with Crippen LogP contribution in [0.1, 0.15) is 55.3 Å². The van der Waals surface area contributed by atoms with E-state index < -0.39 is 15.9 Å². The lowest BCUT2D eigenvalue weighted by Crippen LogP contribution is -2.49. The summed E-state index contributed by atoms with van der Waals surface area (Å²) in [6.45, 7) is 0.697. The number of carbonyl (C=O) groups is 3. The molecule has 1 aliphatic heterocycles. The number of amides is 3. The van der Waals surface area contributed by atoms with E-state index in [0.717, 1.165) is 42.8 Å². The van der Waals surface area contributed by atoms with Crippen molar-refractivity contribution in [3.05, 3.63) is 29.8 Å². The Morgan fingerprint density at radius 2 is 1.79 bits per heavy atom. The second kappa shape index (κ2) is 11.1. The zero-order chi connectivity index (χ0) is 24.0. The number of nitrogens with one attached hydrogen (secondary N) is 2. The Bertz CT molecular complexity index is 973. The van der Waals surface area contributed by atoms with Crippen LogP contribution in [0.15, 0.2) is 29.2 Å². The number of carbonyl (C=O) groups excluding carboxylic acids is 3. The largest absolute Gasteiger partial charge is 0.353 e. The van der Waals surface area contributed by atoms with E-state index in [1.165, 1.54) is 44.8 Å². The summed E-state index contributed by atoms with van der Waals surface area (Å²) < 4.78 is 25.7. The van der Waals surface area contributed by atoms with Gasteiger partial charge in [0.1, 0.15) is 0 Å². The number of piperidine rings is 1. The zero-order valence-corrected chi connectivity index (χ0v) is 20.2. The summed E-state index contributed by atoms with van der Waals surface area (Å²) in [5.74, 6) is -0.992. The molecule has 0 radical (unpaired) electrons. The van der Waals surface area contributed by atoms with Crippen molar-refractivity contribution in [3.63, 3.8) is 0 Å². The smallest absolute Gasteiger partial charge is 0.251 e. The van der Waals surface area contributed by atoms with Gasteiger partial charge in [-0.1, -0.05) is 25.3 Å². The summed E-state index contributed by atoms with van der Waals surface area (Å²) in [6.07, 6.45) is 7.04. The van der Waals surface area contributed by atoms with Crippen LogP contribution in [0.25, 0.3) is 0 Å². The van der Waals surface area contributed by atoms with E-state index in [4.69, 9.17) is 0 Å². The van der Waals surface area contributed by atoms with Crippen LogP contribution in [-0.2, 0) is 19.6 Å². The van der Waals surface area contributed by atoms with Gasteiger partial charge in [0.25, 0.3) is 5.91 Å². The lowest BCUT2D eigenvalue weighted by molar-refractivity contribution is -0.135. The quantitative estimate of drug-likeness (QED) is 0.614. The molecule has 1 heterocycles. The van der Waals surface area contributed by atoms with E-state index in [0.29, 0.717) is 13.1 Å². The van der Waals surface area contributed by atoms with Gasteiger partial charge in [-0.25, -0.2) is 12.7 Å². The Labute approximate surface area is 195 Å². The van der Waals surface area contributed by atoms with Gasteiger partial charge in [-0.2, -0.15) is 0 Å². The van der Waals surface area contributed by atoms with Gasteiger partial charge in [0.05, 0.1) is 17.4 Å². The Kier molecular flexibility index (Phi) is 8.47.